The number of benzene rings is 1. The van der Waals surface area contributed by atoms with Crippen LogP contribution in [-0.4, -0.2) is 28.5 Å². The van der Waals surface area contributed by atoms with Crippen LogP contribution in [0.1, 0.15) is 48.5 Å². The Kier molecular flexibility index (Phi) is 3.90. The Morgan fingerprint density at radius 2 is 2.06 bits per heavy atom. The third-order valence-electron chi connectivity index (χ3n) is 3.81. The van der Waals surface area contributed by atoms with E-state index in [4.69, 9.17) is 0 Å². The van der Waals surface area contributed by atoms with E-state index in [1.165, 1.54) is 12.8 Å². The van der Waals surface area contributed by atoms with Crippen LogP contribution in [0.5, 0.6) is 5.75 Å². The molecule has 1 fully saturated rings. The van der Waals surface area contributed by atoms with Crippen LogP contribution in [0.3, 0.4) is 0 Å². The van der Waals surface area contributed by atoms with Gasteiger partial charge in [-0.05, 0) is 50.5 Å². The van der Waals surface area contributed by atoms with Crippen LogP contribution in [-0.2, 0) is 0 Å². The number of hydrogen-bond acceptors (Lipinski definition) is 2. The van der Waals surface area contributed by atoms with Crippen LogP contribution >= 0.6 is 0 Å². The van der Waals surface area contributed by atoms with Gasteiger partial charge in [0.1, 0.15) is 5.75 Å². The van der Waals surface area contributed by atoms with Crippen molar-refractivity contribution in [3.05, 3.63) is 29.3 Å². The molecule has 0 unspecified atom stereocenters. The first kappa shape index (κ1) is 12.9. The number of amides is 1. The second kappa shape index (κ2) is 5.42. The molecule has 1 amide bonds. The highest BCUT2D eigenvalue weighted by Crippen LogP contribution is 2.26. The minimum atomic E-state index is 0.0990. The Bertz CT molecular complexity index is 436. The Morgan fingerprint density at radius 3 is 2.61 bits per heavy atom. The normalized spacial score (nSPS) is 15.9. The topological polar surface area (TPSA) is 40.5 Å². The molecule has 1 aliphatic carbocycles. The summed E-state index contributed by atoms with van der Waals surface area (Å²) in [7, 11) is 0. The SMILES string of the molecule is CCN(C(=O)c1ccc(O)cc1C)C1CCCC1. The van der Waals surface area contributed by atoms with E-state index in [0.717, 1.165) is 24.9 Å². The van der Waals surface area contributed by atoms with Gasteiger partial charge in [-0.25, -0.2) is 0 Å². The van der Waals surface area contributed by atoms with Gasteiger partial charge in [0.25, 0.3) is 5.91 Å². The molecule has 0 radical (unpaired) electrons. The molecule has 1 saturated carbocycles. The summed E-state index contributed by atoms with van der Waals surface area (Å²) < 4.78 is 0. The third-order valence-corrected chi connectivity index (χ3v) is 3.81. The highest BCUT2D eigenvalue weighted by molar-refractivity contribution is 5.96. The molecule has 1 N–H and O–H groups in total. The Morgan fingerprint density at radius 1 is 1.39 bits per heavy atom. The highest BCUT2D eigenvalue weighted by atomic mass is 16.3. The van der Waals surface area contributed by atoms with E-state index in [1.54, 1.807) is 18.2 Å². The van der Waals surface area contributed by atoms with E-state index in [-0.39, 0.29) is 11.7 Å². The molecule has 1 aromatic carbocycles. The average Bonchev–Trinajstić information content (AvgIpc) is 2.83. The summed E-state index contributed by atoms with van der Waals surface area (Å²) in [4.78, 5) is 14.5. The van der Waals surface area contributed by atoms with Gasteiger partial charge in [-0.3, -0.25) is 4.79 Å². The predicted octanol–water partition coefficient (Wildman–Crippen LogP) is 3.11. The Balaban J connectivity index is 2.22. The first-order valence-corrected chi connectivity index (χ1v) is 6.74. The third kappa shape index (κ3) is 2.50. The summed E-state index contributed by atoms with van der Waals surface area (Å²) in [6.07, 6.45) is 4.69. The van der Waals surface area contributed by atoms with Gasteiger partial charge >= 0.3 is 0 Å². The maximum atomic E-state index is 12.5. The molecular weight excluding hydrogens is 226 g/mol. The number of aryl methyl sites for hydroxylation is 1. The molecule has 0 saturated heterocycles. The number of carbonyl (C=O) groups excluding carboxylic acids is 1. The number of rotatable bonds is 3. The van der Waals surface area contributed by atoms with E-state index in [2.05, 4.69) is 0 Å². The Hall–Kier alpha value is -1.51. The van der Waals surface area contributed by atoms with Crippen molar-refractivity contribution in [1.82, 2.24) is 4.90 Å². The monoisotopic (exact) mass is 247 g/mol. The van der Waals surface area contributed by atoms with Gasteiger partial charge < -0.3 is 10.0 Å². The van der Waals surface area contributed by atoms with Gasteiger partial charge in [-0.15, -0.1) is 0 Å². The first-order valence-electron chi connectivity index (χ1n) is 6.74. The lowest BCUT2D eigenvalue weighted by Gasteiger charge is -2.28. The van der Waals surface area contributed by atoms with Crippen molar-refractivity contribution in [2.45, 2.75) is 45.6 Å². The summed E-state index contributed by atoms with van der Waals surface area (Å²) in [5.41, 5.74) is 1.55. The number of phenolic OH excluding ortho intramolecular Hbond substituents is 1. The molecule has 0 heterocycles. The van der Waals surface area contributed by atoms with Gasteiger partial charge in [0.2, 0.25) is 0 Å². The fourth-order valence-electron chi connectivity index (χ4n) is 2.83. The lowest BCUT2D eigenvalue weighted by atomic mass is 10.1. The molecule has 0 spiro atoms. The molecule has 0 bridgehead atoms. The Labute approximate surface area is 108 Å². The summed E-state index contributed by atoms with van der Waals surface area (Å²) in [5.74, 6) is 0.315. The molecule has 1 aliphatic rings. The minimum absolute atomic E-state index is 0.0990. The van der Waals surface area contributed by atoms with Crippen LogP contribution in [0.2, 0.25) is 0 Å². The van der Waals surface area contributed by atoms with Crippen molar-refractivity contribution >= 4 is 5.91 Å². The molecule has 0 aliphatic heterocycles. The number of hydrogen-bond donors (Lipinski definition) is 1. The number of phenols is 1. The molecule has 1 aromatic rings. The lowest BCUT2D eigenvalue weighted by Crippen LogP contribution is -2.38. The van der Waals surface area contributed by atoms with Gasteiger partial charge in [-0.2, -0.15) is 0 Å². The predicted molar refractivity (Wildman–Crippen MR) is 71.8 cm³/mol. The van der Waals surface area contributed by atoms with Gasteiger partial charge in [0.05, 0.1) is 0 Å². The van der Waals surface area contributed by atoms with Crippen LogP contribution < -0.4 is 0 Å². The van der Waals surface area contributed by atoms with E-state index in [9.17, 15) is 9.90 Å². The van der Waals surface area contributed by atoms with Crippen LogP contribution in [0, 0.1) is 6.92 Å². The van der Waals surface area contributed by atoms with Crippen molar-refractivity contribution in [3.63, 3.8) is 0 Å². The second-order valence-electron chi connectivity index (χ2n) is 5.03. The van der Waals surface area contributed by atoms with E-state index >= 15 is 0 Å². The molecule has 3 nitrogen and oxygen atoms in total. The number of carbonyl (C=O) groups is 1. The van der Waals surface area contributed by atoms with Crippen molar-refractivity contribution in [2.24, 2.45) is 0 Å². The lowest BCUT2D eigenvalue weighted by molar-refractivity contribution is 0.0693. The summed E-state index contributed by atoms with van der Waals surface area (Å²) in [6.45, 7) is 4.66. The van der Waals surface area contributed by atoms with Crippen molar-refractivity contribution in [3.8, 4) is 5.75 Å². The minimum Gasteiger partial charge on any atom is -0.508 e. The molecular formula is C15H21NO2. The summed E-state index contributed by atoms with van der Waals surface area (Å²) in [5, 5.41) is 9.40. The van der Waals surface area contributed by atoms with E-state index in [0.29, 0.717) is 11.6 Å². The van der Waals surface area contributed by atoms with Crippen LogP contribution in [0.25, 0.3) is 0 Å². The molecule has 0 atom stereocenters. The van der Waals surface area contributed by atoms with Crippen molar-refractivity contribution in [1.29, 1.82) is 0 Å². The zero-order chi connectivity index (χ0) is 13.1. The van der Waals surface area contributed by atoms with Gasteiger partial charge in [0, 0.05) is 18.2 Å². The summed E-state index contributed by atoms with van der Waals surface area (Å²) >= 11 is 0. The van der Waals surface area contributed by atoms with E-state index < -0.39 is 0 Å². The van der Waals surface area contributed by atoms with Crippen LogP contribution in [0.15, 0.2) is 18.2 Å². The number of aromatic hydroxyl groups is 1. The largest absolute Gasteiger partial charge is 0.508 e. The molecule has 2 rings (SSSR count). The van der Waals surface area contributed by atoms with Gasteiger partial charge in [-0.1, -0.05) is 12.8 Å². The fourth-order valence-corrected chi connectivity index (χ4v) is 2.83. The quantitative estimate of drug-likeness (QED) is 0.891. The molecule has 98 valence electrons. The highest BCUT2D eigenvalue weighted by Gasteiger charge is 2.26. The molecule has 18 heavy (non-hydrogen) atoms. The maximum Gasteiger partial charge on any atom is 0.254 e. The van der Waals surface area contributed by atoms with Crippen molar-refractivity contribution in [2.75, 3.05) is 6.54 Å². The fraction of sp³-hybridized carbons (Fsp3) is 0.533. The zero-order valence-electron chi connectivity index (χ0n) is 11.1. The average molecular weight is 247 g/mol. The summed E-state index contributed by atoms with van der Waals surface area (Å²) in [6, 6.07) is 5.36. The van der Waals surface area contributed by atoms with Crippen molar-refractivity contribution < 1.29 is 9.90 Å². The standard InChI is InChI=1S/C15H21NO2/c1-3-16(12-6-4-5-7-12)15(18)14-9-8-13(17)10-11(14)2/h8-10,12,17H,3-7H2,1-2H3. The smallest absolute Gasteiger partial charge is 0.254 e. The van der Waals surface area contributed by atoms with Gasteiger partial charge in [0.15, 0.2) is 0 Å². The number of nitrogens with zero attached hydrogens (tertiary/aromatic N) is 1. The second-order valence-corrected chi connectivity index (χ2v) is 5.03. The van der Waals surface area contributed by atoms with E-state index in [1.807, 2.05) is 18.7 Å². The van der Waals surface area contributed by atoms with Crippen LogP contribution in [0.4, 0.5) is 0 Å². The molecule has 0 aromatic heterocycles. The molecule has 3 heteroatoms. The zero-order valence-corrected chi connectivity index (χ0v) is 11.1. The first-order chi connectivity index (χ1) is 8.63. The maximum absolute atomic E-state index is 12.5.